The monoisotopic (exact) mass is 216 g/mol. The van der Waals surface area contributed by atoms with Crippen molar-refractivity contribution in [2.24, 2.45) is 4.99 Å². The van der Waals surface area contributed by atoms with Crippen LogP contribution in [0.1, 0.15) is 12.5 Å². The van der Waals surface area contributed by atoms with Crippen molar-refractivity contribution in [1.29, 1.82) is 0 Å². The van der Waals surface area contributed by atoms with Gasteiger partial charge < -0.3 is 4.74 Å². The van der Waals surface area contributed by atoms with Gasteiger partial charge in [0.25, 0.3) is 0 Å². The van der Waals surface area contributed by atoms with Crippen molar-refractivity contribution in [3.05, 3.63) is 41.7 Å². The molecule has 0 unspecified atom stereocenters. The van der Waals surface area contributed by atoms with Crippen molar-refractivity contribution >= 4 is 11.7 Å². The molecule has 0 saturated carbocycles. The van der Waals surface area contributed by atoms with Crippen LogP contribution in [-0.2, 0) is 9.53 Å². The van der Waals surface area contributed by atoms with Crippen LogP contribution >= 0.6 is 0 Å². The molecule has 0 amide bonds. The van der Waals surface area contributed by atoms with E-state index in [1.165, 1.54) is 0 Å². The Bertz CT molecular complexity index is 449. The fourth-order valence-corrected chi connectivity index (χ4v) is 1.46. The molecular weight excluding hydrogens is 204 g/mol. The minimum atomic E-state index is -0.287. The third kappa shape index (κ3) is 2.16. The van der Waals surface area contributed by atoms with Crippen molar-refractivity contribution in [2.75, 3.05) is 13.2 Å². The summed E-state index contributed by atoms with van der Waals surface area (Å²) in [5, 5.41) is 0. The summed E-state index contributed by atoms with van der Waals surface area (Å²) in [6, 6.07) is 3.75. The average Bonchev–Trinajstić information content (AvgIpc) is 2.80. The smallest absolute Gasteiger partial charge is 0.335 e. The first-order valence-corrected chi connectivity index (χ1v) is 5.14. The Balaban J connectivity index is 2.14. The van der Waals surface area contributed by atoms with E-state index in [0.717, 1.165) is 11.3 Å². The van der Waals surface area contributed by atoms with Gasteiger partial charge in [-0.15, -0.1) is 0 Å². The standard InChI is InChI=1S/C12H12N2O2/c1-2-16-12(15)10-6-11(14-8-10)9-4-3-5-13-7-9/h3-7H,2,8H2,1H3. The number of nitrogens with zero attached hydrogens (tertiary/aromatic N) is 2. The average molecular weight is 216 g/mol. The minimum Gasteiger partial charge on any atom is -0.463 e. The van der Waals surface area contributed by atoms with E-state index in [1.807, 2.05) is 12.1 Å². The van der Waals surface area contributed by atoms with Crippen LogP contribution in [-0.4, -0.2) is 29.8 Å². The number of pyridine rings is 1. The molecule has 2 rings (SSSR count). The van der Waals surface area contributed by atoms with Gasteiger partial charge in [0.15, 0.2) is 0 Å². The molecule has 0 radical (unpaired) electrons. The molecular formula is C12H12N2O2. The highest BCUT2D eigenvalue weighted by Gasteiger charge is 2.17. The van der Waals surface area contributed by atoms with E-state index in [4.69, 9.17) is 4.74 Å². The maximum absolute atomic E-state index is 11.4. The summed E-state index contributed by atoms with van der Waals surface area (Å²) in [6.07, 6.45) is 5.19. The molecule has 16 heavy (non-hydrogen) atoms. The SMILES string of the molecule is CCOC(=O)C1=CC(c2cccnc2)=NC1. The number of aromatic nitrogens is 1. The largest absolute Gasteiger partial charge is 0.463 e. The van der Waals surface area contributed by atoms with Gasteiger partial charge in [0.1, 0.15) is 0 Å². The highest BCUT2D eigenvalue weighted by molar-refractivity contribution is 6.14. The molecule has 82 valence electrons. The molecule has 0 spiro atoms. The van der Waals surface area contributed by atoms with E-state index in [2.05, 4.69) is 9.98 Å². The van der Waals surface area contributed by atoms with Crippen molar-refractivity contribution in [3.8, 4) is 0 Å². The normalized spacial score (nSPS) is 14.3. The van der Waals surface area contributed by atoms with Gasteiger partial charge in [-0.05, 0) is 25.1 Å². The van der Waals surface area contributed by atoms with E-state index in [1.54, 1.807) is 25.4 Å². The molecule has 1 aliphatic rings. The first-order chi connectivity index (χ1) is 7.81. The van der Waals surface area contributed by atoms with Gasteiger partial charge >= 0.3 is 5.97 Å². The Labute approximate surface area is 93.7 Å². The van der Waals surface area contributed by atoms with Crippen molar-refractivity contribution in [2.45, 2.75) is 6.92 Å². The first-order valence-electron chi connectivity index (χ1n) is 5.14. The molecule has 1 aromatic heterocycles. The fourth-order valence-electron chi connectivity index (χ4n) is 1.46. The summed E-state index contributed by atoms with van der Waals surface area (Å²) in [5.74, 6) is -0.287. The summed E-state index contributed by atoms with van der Waals surface area (Å²) in [7, 11) is 0. The summed E-state index contributed by atoms with van der Waals surface area (Å²) in [5.41, 5.74) is 2.30. The molecule has 0 aromatic carbocycles. The lowest BCUT2D eigenvalue weighted by Crippen LogP contribution is -2.08. The Hall–Kier alpha value is -1.97. The minimum absolute atomic E-state index is 0.287. The number of carbonyl (C=O) groups is 1. The Morgan fingerprint density at radius 3 is 3.12 bits per heavy atom. The van der Waals surface area contributed by atoms with E-state index in [-0.39, 0.29) is 5.97 Å². The van der Waals surface area contributed by atoms with Crippen molar-refractivity contribution in [3.63, 3.8) is 0 Å². The van der Waals surface area contributed by atoms with Crippen molar-refractivity contribution in [1.82, 2.24) is 4.98 Å². The zero-order valence-electron chi connectivity index (χ0n) is 9.01. The number of hydrogen-bond acceptors (Lipinski definition) is 4. The second-order valence-corrected chi connectivity index (χ2v) is 3.33. The quantitative estimate of drug-likeness (QED) is 0.717. The molecule has 2 heterocycles. The number of allylic oxidation sites excluding steroid dienone is 1. The summed E-state index contributed by atoms with van der Waals surface area (Å²) < 4.78 is 4.91. The van der Waals surface area contributed by atoms with Gasteiger partial charge in [-0.25, -0.2) is 4.79 Å². The summed E-state index contributed by atoms with van der Waals surface area (Å²) >= 11 is 0. The molecule has 4 nitrogen and oxygen atoms in total. The second kappa shape index (κ2) is 4.70. The first kappa shape index (κ1) is 10.5. The van der Waals surface area contributed by atoms with Crippen LogP contribution in [0.4, 0.5) is 0 Å². The lowest BCUT2D eigenvalue weighted by Gasteiger charge is -1.99. The van der Waals surface area contributed by atoms with Gasteiger partial charge in [-0.2, -0.15) is 0 Å². The van der Waals surface area contributed by atoms with E-state index >= 15 is 0 Å². The number of hydrogen-bond donors (Lipinski definition) is 0. The number of rotatable bonds is 3. The predicted molar refractivity (Wildman–Crippen MR) is 60.4 cm³/mol. The molecule has 0 fully saturated rings. The lowest BCUT2D eigenvalue weighted by molar-refractivity contribution is -0.138. The van der Waals surface area contributed by atoms with Crippen LogP contribution < -0.4 is 0 Å². The molecule has 1 aromatic rings. The van der Waals surface area contributed by atoms with E-state index in [0.29, 0.717) is 18.7 Å². The van der Waals surface area contributed by atoms with Crippen LogP contribution in [0.25, 0.3) is 0 Å². The maximum atomic E-state index is 11.4. The highest BCUT2D eigenvalue weighted by Crippen LogP contribution is 2.12. The van der Waals surface area contributed by atoms with Gasteiger partial charge in [-0.3, -0.25) is 9.98 Å². The molecule has 0 N–H and O–H groups in total. The fraction of sp³-hybridized carbons (Fsp3) is 0.250. The van der Waals surface area contributed by atoms with Gasteiger partial charge in [0.2, 0.25) is 0 Å². The number of ether oxygens (including phenoxy) is 1. The molecule has 0 bridgehead atoms. The van der Waals surface area contributed by atoms with Crippen LogP contribution in [0.5, 0.6) is 0 Å². The zero-order valence-corrected chi connectivity index (χ0v) is 9.01. The van der Waals surface area contributed by atoms with Crippen molar-refractivity contribution < 1.29 is 9.53 Å². The topological polar surface area (TPSA) is 51.5 Å². The van der Waals surface area contributed by atoms with E-state index < -0.39 is 0 Å². The zero-order chi connectivity index (χ0) is 11.4. The third-order valence-corrected chi connectivity index (χ3v) is 2.23. The van der Waals surface area contributed by atoms with Gasteiger partial charge in [-0.1, -0.05) is 0 Å². The number of carbonyl (C=O) groups excluding carboxylic acids is 1. The molecule has 4 heteroatoms. The molecule has 0 aliphatic carbocycles. The third-order valence-electron chi connectivity index (χ3n) is 2.23. The molecule has 0 saturated heterocycles. The number of aliphatic imine (C=N–C) groups is 1. The molecule has 0 atom stereocenters. The van der Waals surface area contributed by atoms with Gasteiger partial charge in [0.05, 0.1) is 24.4 Å². The molecule has 1 aliphatic heterocycles. The summed E-state index contributed by atoms with van der Waals surface area (Å²) in [6.45, 7) is 2.57. The maximum Gasteiger partial charge on any atom is 0.335 e. The van der Waals surface area contributed by atoms with Crippen LogP contribution in [0.15, 0.2) is 41.2 Å². The Kier molecular flexibility index (Phi) is 3.10. The number of esters is 1. The lowest BCUT2D eigenvalue weighted by atomic mass is 10.1. The predicted octanol–water partition coefficient (Wildman–Crippen LogP) is 1.37. The van der Waals surface area contributed by atoms with Crippen LogP contribution in [0.2, 0.25) is 0 Å². The highest BCUT2D eigenvalue weighted by atomic mass is 16.5. The van der Waals surface area contributed by atoms with Crippen LogP contribution in [0.3, 0.4) is 0 Å². The Morgan fingerprint density at radius 1 is 1.56 bits per heavy atom. The second-order valence-electron chi connectivity index (χ2n) is 3.33. The van der Waals surface area contributed by atoms with Gasteiger partial charge in [0, 0.05) is 18.0 Å². The Morgan fingerprint density at radius 2 is 2.44 bits per heavy atom. The van der Waals surface area contributed by atoms with E-state index in [9.17, 15) is 4.79 Å². The summed E-state index contributed by atoms with van der Waals surface area (Å²) in [4.78, 5) is 19.7. The van der Waals surface area contributed by atoms with Crippen LogP contribution in [0, 0.1) is 0 Å².